The van der Waals surface area contributed by atoms with E-state index >= 15 is 0 Å². The number of rotatable bonds is 15. The van der Waals surface area contributed by atoms with E-state index < -0.39 is 114 Å². The van der Waals surface area contributed by atoms with Gasteiger partial charge in [0.2, 0.25) is 5.91 Å². The molecule has 0 aliphatic carbocycles. The fourth-order valence-corrected chi connectivity index (χ4v) is 9.28. The van der Waals surface area contributed by atoms with Crippen LogP contribution in [-0.2, 0) is 29.1 Å². The molecule has 334 valence electrons. The summed E-state index contributed by atoms with van der Waals surface area (Å²) in [5.41, 5.74) is 2.21. The van der Waals surface area contributed by atoms with Crippen LogP contribution in [0.15, 0.2) is 97.1 Å². The SMILES string of the molecule is O=C1C(CCC(O)c2ccc(F)cc2)C(c2ccc(-c3ccc(O)cc3)cc2OS(=O)(=O)CC2OC(CO)C(OC3OC(CO)C(O)C(O)C3O)C(O)C2O)N1c1ccccc1. The molecule has 0 saturated carbocycles. The van der Waals surface area contributed by atoms with Crippen molar-refractivity contribution in [3.63, 3.8) is 0 Å². The van der Waals surface area contributed by atoms with Crippen LogP contribution in [0.5, 0.6) is 11.5 Å². The number of aromatic hydroxyl groups is 1. The number of anilines is 1. The number of benzene rings is 4. The molecule has 1 amide bonds. The van der Waals surface area contributed by atoms with Crippen LogP contribution in [0.2, 0.25) is 0 Å². The van der Waals surface area contributed by atoms with E-state index in [1.807, 2.05) is 0 Å². The minimum atomic E-state index is -4.81. The van der Waals surface area contributed by atoms with Gasteiger partial charge in [0, 0.05) is 11.3 Å². The van der Waals surface area contributed by atoms with Crippen LogP contribution in [0, 0.1) is 11.7 Å². The number of β-lactam (4-membered cyclic amide) rings is 1. The number of hydrogen-bond acceptors (Lipinski definition) is 16. The van der Waals surface area contributed by atoms with Crippen LogP contribution in [0.1, 0.15) is 36.1 Å². The van der Waals surface area contributed by atoms with Gasteiger partial charge in [0.1, 0.15) is 78.0 Å². The van der Waals surface area contributed by atoms with Gasteiger partial charge in [0.15, 0.2) is 6.29 Å². The van der Waals surface area contributed by atoms with Crippen molar-refractivity contribution in [2.75, 3.05) is 23.9 Å². The number of nitrogens with zero attached hydrogens (tertiary/aromatic N) is 1. The Kier molecular flexibility index (Phi) is 13.9. The first kappa shape index (κ1) is 45.4. The van der Waals surface area contributed by atoms with E-state index in [0.29, 0.717) is 22.4 Å². The molecular formula is C43H48FNO16S. The third-order valence-corrected chi connectivity index (χ3v) is 12.6. The lowest BCUT2D eigenvalue weighted by atomic mass is 9.77. The monoisotopic (exact) mass is 885 g/mol. The minimum Gasteiger partial charge on any atom is -0.508 e. The van der Waals surface area contributed by atoms with Crippen molar-refractivity contribution in [3.05, 3.63) is 114 Å². The van der Waals surface area contributed by atoms with Crippen molar-refractivity contribution in [1.82, 2.24) is 0 Å². The van der Waals surface area contributed by atoms with Crippen molar-refractivity contribution in [1.29, 1.82) is 0 Å². The summed E-state index contributed by atoms with van der Waals surface area (Å²) < 4.78 is 64.2. The third-order valence-electron chi connectivity index (χ3n) is 11.5. The average Bonchev–Trinajstić information content (AvgIpc) is 3.26. The number of phenols is 1. The fraction of sp³-hybridized carbons (Fsp3) is 0.419. The number of carbonyl (C=O) groups excluding carboxylic acids is 1. The van der Waals surface area contributed by atoms with E-state index in [2.05, 4.69) is 0 Å². The first-order valence-electron chi connectivity index (χ1n) is 19.9. The van der Waals surface area contributed by atoms with Crippen LogP contribution >= 0.6 is 0 Å². The van der Waals surface area contributed by atoms with Gasteiger partial charge in [-0.3, -0.25) is 4.79 Å². The van der Waals surface area contributed by atoms with E-state index in [9.17, 15) is 63.6 Å². The van der Waals surface area contributed by atoms with E-state index in [1.54, 1.807) is 54.6 Å². The Bertz CT molecular complexity index is 2250. The number of ether oxygens (including phenoxy) is 3. The first-order valence-corrected chi connectivity index (χ1v) is 21.4. The van der Waals surface area contributed by atoms with Gasteiger partial charge in [0.25, 0.3) is 0 Å². The highest BCUT2D eigenvalue weighted by Gasteiger charge is 2.52. The van der Waals surface area contributed by atoms with E-state index in [-0.39, 0.29) is 35.8 Å². The Balaban J connectivity index is 1.17. The summed E-state index contributed by atoms with van der Waals surface area (Å²) in [4.78, 5) is 15.4. The number of carbonyl (C=O) groups is 1. The highest BCUT2D eigenvalue weighted by Crippen LogP contribution is 2.50. The van der Waals surface area contributed by atoms with E-state index in [0.717, 1.165) is 0 Å². The largest absolute Gasteiger partial charge is 0.508 e. The van der Waals surface area contributed by atoms with Crippen molar-refractivity contribution >= 4 is 21.7 Å². The molecule has 19 heteroatoms. The highest BCUT2D eigenvalue weighted by atomic mass is 32.2. The fourth-order valence-electron chi connectivity index (χ4n) is 8.11. The molecule has 3 aliphatic rings. The smallest absolute Gasteiger partial charge is 0.311 e. The first-order chi connectivity index (χ1) is 29.6. The second-order valence-electron chi connectivity index (χ2n) is 15.5. The molecular weight excluding hydrogens is 838 g/mol. The van der Waals surface area contributed by atoms with Gasteiger partial charge >= 0.3 is 10.1 Å². The van der Waals surface area contributed by atoms with Gasteiger partial charge in [-0.15, -0.1) is 0 Å². The summed E-state index contributed by atoms with van der Waals surface area (Å²) in [6.45, 7) is -1.69. The number of aliphatic hydroxyl groups is 8. The predicted molar refractivity (Wildman–Crippen MR) is 215 cm³/mol. The maximum Gasteiger partial charge on any atom is 0.311 e. The molecule has 0 bridgehead atoms. The van der Waals surface area contributed by atoms with Crippen molar-refractivity contribution in [2.24, 2.45) is 5.92 Å². The van der Waals surface area contributed by atoms with Gasteiger partial charge in [-0.2, -0.15) is 8.42 Å². The number of aliphatic hydroxyl groups excluding tert-OH is 8. The molecule has 3 aliphatic heterocycles. The molecule has 3 fully saturated rings. The molecule has 9 N–H and O–H groups in total. The van der Waals surface area contributed by atoms with Gasteiger partial charge in [0.05, 0.1) is 31.3 Å². The maximum absolute atomic E-state index is 14.1. The lowest BCUT2D eigenvalue weighted by molar-refractivity contribution is -0.341. The quantitative estimate of drug-likeness (QED) is 0.0590. The molecule has 13 unspecified atom stereocenters. The Hall–Kier alpha value is -4.61. The molecule has 0 spiro atoms. The molecule has 4 aromatic carbocycles. The lowest BCUT2D eigenvalue weighted by Gasteiger charge is -2.48. The van der Waals surface area contributed by atoms with Crippen LogP contribution in [0.3, 0.4) is 0 Å². The predicted octanol–water partition coefficient (Wildman–Crippen LogP) is 0.791. The third kappa shape index (κ3) is 9.49. The topological polar surface area (TPSA) is 273 Å². The number of hydrogen-bond donors (Lipinski definition) is 9. The van der Waals surface area contributed by atoms with Crippen molar-refractivity contribution in [2.45, 2.75) is 86.2 Å². The highest BCUT2D eigenvalue weighted by molar-refractivity contribution is 7.87. The zero-order valence-electron chi connectivity index (χ0n) is 32.9. The van der Waals surface area contributed by atoms with Crippen LogP contribution in [0.4, 0.5) is 10.1 Å². The van der Waals surface area contributed by atoms with E-state index in [1.165, 1.54) is 47.4 Å². The molecule has 17 nitrogen and oxygen atoms in total. The Labute approximate surface area is 355 Å². The molecule has 3 heterocycles. The summed E-state index contributed by atoms with van der Waals surface area (Å²) in [6, 6.07) is 23.9. The Morgan fingerprint density at radius 1 is 0.742 bits per heavy atom. The summed E-state index contributed by atoms with van der Waals surface area (Å²) in [6.07, 6.45) is -18.4. The minimum absolute atomic E-state index is 0.0168. The molecule has 0 radical (unpaired) electrons. The number of halogens is 1. The summed E-state index contributed by atoms with van der Waals surface area (Å²) in [7, 11) is -4.81. The summed E-state index contributed by atoms with van der Waals surface area (Å²) >= 11 is 0. The zero-order valence-corrected chi connectivity index (χ0v) is 33.7. The van der Waals surface area contributed by atoms with Crippen LogP contribution in [0.25, 0.3) is 11.1 Å². The van der Waals surface area contributed by atoms with Gasteiger partial charge in [-0.25, -0.2) is 4.39 Å². The molecule has 7 rings (SSSR count). The molecule has 3 saturated heterocycles. The molecule has 4 aromatic rings. The molecule has 62 heavy (non-hydrogen) atoms. The summed E-state index contributed by atoms with van der Waals surface area (Å²) in [5.74, 6) is -2.91. The van der Waals surface area contributed by atoms with Crippen LogP contribution in [-0.4, -0.2) is 140 Å². The second-order valence-corrected chi connectivity index (χ2v) is 17.1. The lowest BCUT2D eigenvalue weighted by Crippen LogP contribution is -2.65. The molecule has 0 aromatic heterocycles. The van der Waals surface area contributed by atoms with E-state index in [4.69, 9.17) is 18.4 Å². The summed E-state index contributed by atoms with van der Waals surface area (Å²) in [5, 5.41) is 93.8. The number of para-hydroxylation sites is 1. The maximum atomic E-state index is 14.1. The second kappa shape index (κ2) is 19.0. The molecule has 13 atom stereocenters. The Morgan fingerprint density at radius 3 is 2.05 bits per heavy atom. The standard InChI is InChI=1S/C43H48FNO16S/c44-25-11-6-23(7-12-25)30(49)17-16-29-35(45(42(29)55)26-4-2-1-3-5-26)28-15-10-24(22-8-13-27(48)14-9-22)18-31(28)61-62(56,57)21-34-37(51)39(53)41(33(20-47)58-34)60-43-40(54)38(52)36(50)32(19-46)59-43/h1-15,18,29-30,32-41,43,46-54H,16-17,19-21H2. The zero-order chi connectivity index (χ0) is 44.5. The normalized spacial score (nSPS) is 30.7. The van der Waals surface area contributed by atoms with Gasteiger partial charge < -0.3 is 69.3 Å². The average molecular weight is 886 g/mol. The van der Waals surface area contributed by atoms with Gasteiger partial charge in [-0.1, -0.05) is 54.6 Å². The number of phenolic OH excluding ortho intramolecular Hbond substituents is 1. The Morgan fingerprint density at radius 2 is 1.39 bits per heavy atom. The van der Waals surface area contributed by atoms with Crippen molar-refractivity contribution < 1.29 is 82.0 Å². The van der Waals surface area contributed by atoms with Crippen LogP contribution < -0.4 is 9.08 Å². The van der Waals surface area contributed by atoms with Crippen molar-refractivity contribution in [3.8, 4) is 22.6 Å². The number of amides is 1. The van der Waals surface area contributed by atoms with Gasteiger partial charge in [-0.05, 0) is 72.0 Å².